The van der Waals surface area contributed by atoms with Crippen molar-refractivity contribution in [2.24, 2.45) is 0 Å². The number of halogens is 4. The lowest BCUT2D eigenvalue weighted by molar-refractivity contribution is -0.141. The molecule has 3 rings (SSSR count). The molecule has 2 amide bonds. The Morgan fingerprint density at radius 3 is 2.48 bits per heavy atom. The van der Waals surface area contributed by atoms with Crippen LogP contribution in [0.1, 0.15) is 32.1 Å². The van der Waals surface area contributed by atoms with E-state index in [2.05, 4.69) is 26.4 Å². The van der Waals surface area contributed by atoms with Crippen LogP contribution in [-0.4, -0.2) is 45.7 Å². The zero-order valence-electron chi connectivity index (χ0n) is 17.7. The van der Waals surface area contributed by atoms with Crippen LogP contribution in [0.4, 0.5) is 18.9 Å². The summed E-state index contributed by atoms with van der Waals surface area (Å²) < 4.78 is 40.7. The van der Waals surface area contributed by atoms with Gasteiger partial charge in [-0.2, -0.15) is 23.8 Å². The van der Waals surface area contributed by atoms with Crippen LogP contribution in [-0.2, 0) is 6.18 Å². The summed E-state index contributed by atoms with van der Waals surface area (Å²) in [7, 11) is 3.31. The number of pyridine rings is 1. The molecule has 0 aliphatic heterocycles. The number of hydrazine groups is 2. The molecule has 9 nitrogen and oxygen atoms in total. The van der Waals surface area contributed by atoms with Gasteiger partial charge in [-0.05, 0) is 36.8 Å². The van der Waals surface area contributed by atoms with Crippen molar-refractivity contribution in [2.75, 3.05) is 19.4 Å². The second-order valence-electron chi connectivity index (χ2n) is 7.10. The van der Waals surface area contributed by atoms with Gasteiger partial charge in [-0.3, -0.25) is 15.0 Å². The first kappa shape index (κ1) is 24.2. The SMILES string of the molecule is Cc1ccc(C(=O)NNN(C)C)c(NC(=O)c2cc(C(F)(F)F)nn2-c2ncccc2Cl)c1. The molecule has 0 aliphatic carbocycles. The predicted molar refractivity (Wildman–Crippen MR) is 115 cm³/mol. The third-order valence-corrected chi connectivity index (χ3v) is 4.53. The van der Waals surface area contributed by atoms with Crippen molar-refractivity contribution in [3.8, 4) is 5.82 Å². The average Bonchev–Trinajstić information content (AvgIpc) is 3.18. The zero-order valence-corrected chi connectivity index (χ0v) is 18.4. The molecule has 33 heavy (non-hydrogen) atoms. The third-order valence-electron chi connectivity index (χ3n) is 4.23. The van der Waals surface area contributed by atoms with E-state index in [0.29, 0.717) is 16.3 Å². The maximum atomic E-state index is 13.3. The van der Waals surface area contributed by atoms with E-state index in [-0.39, 0.29) is 22.1 Å². The average molecular weight is 482 g/mol. The molecule has 0 atom stereocenters. The highest BCUT2D eigenvalue weighted by Crippen LogP contribution is 2.31. The van der Waals surface area contributed by atoms with E-state index >= 15 is 0 Å². The van der Waals surface area contributed by atoms with Gasteiger partial charge in [-0.15, -0.1) is 0 Å². The molecular weight excluding hydrogens is 463 g/mol. The smallest absolute Gasteiger partial charge is 0.320 e. The van der Waals surface area contributed by atoms with Crippen molar-refractivity contribution in [3.63, 3.8) is 0 Å². The van der Waals surface area contributed by atoms with E-state index in [0.717, 1.165) is 0 Å². The fourth-order valence-corrected chi connectivity index (χ4v) is 2.95. The van der Waals surface area contributed by atoms with E-state index in [1.807, 2.05) is 0 Å². The molecule has 0 spiro atoms. The number of aryl methyl sites for hydroxylation is 1. The number of aromatic nitrogens is 3. The van der Waals surface area contributed by atoms with Gasteiger partial charge in [0, 0.05) is 26.4 Å². The summed E-state index contributed by atoms with van der Waals surface area (Å²) in [5.74, 6) is -1.67. The molecule has 13 heteroatoms. The summed E-state index contributed by atoms with van der Waals surface area (Å²) in [4.78, 5) is 29.5. The largest absolute Gasteiger partial charge is 0.435 e. The predicted octanol–water partition coefficient (Wildman–Crippen LogP) is 3.21. The topological polar surface area (TPSA) is 104 Å². The van der Waals surface area contributed by atoms with Crippen molar-refractivity contribution in [2.45, 2.75) is 13.1 Å². The Morgan fingerprint density at radius 2 is 1.85 bits per heavy atom. The highest BCUT2D eigenvalue weighted by atomic mass is 35.5. The van der Waals surface area contributed by atoms with E-state index in [4.69, 9.17) is 11.6 Å². The summed E-state index contributed by atoms with van der Waals surface area (Å²) in [6.07, 6.45) is -3.51. The molecule has 3 N–H and O–H groups in total. The number of alkyl halides is 3. The summed E-state index contributed by atoms with van der Waals surface area (Å²) in [5, 5.41) is 7.46. The normalized spacial score (nSPS) is 11.5. The van der Waals surface area contributed by atoms with Crippen molar-refractivity contribution < 1.29 is 22.8 Å². The van der Waals surface area contributed by atoms with Crippen LogP contribution in [0.3, 0.4) is 0 Å². The number of carbonyl (C=O) groups excluding carboxylic acids is 2. The van der Waals surface area contributed by atoms with Crippen LogP contribution >= 0.6 is 11.6 Å². The van der Waals surface area contributed by atoms with Gasteiger partial charge in [-0.25, -0.2) is 14.7 Å². The van der Waals surface area contributed by atoms with Gasteiger partial charge in [0.25, 0.3) is 11.8 Å². The van der Waals surface area contributed by atoms with Crippen LogP contribution in [0.2, 0.25) is 5.02 Å². The number of hydrogen-bond donors (Lipinski definition) is 3. The number of nitrogens with zero attached hydrogens (tertiary/aromatic N) is 4. The molecule has 3 aromatic rings. The lowest BCUT2D eigenvalue weighted by Crippen LogP contribution is -2.45. The van der Waals surface area contributed by atoms with Gasteiger partial charge in [0.2, 0.25) is 0 Å². The highest BCUT2D eigenvalue weighted by molar-refractivity contribution is 6.32. The van der Waals surface area contributed by atoms with E-state index in [9.17, 15) is 22.8 Å². The first-order valence-electron chi connectivity index (χ1n) is 9.41. The van der Waals surface area contributed by atoms with Crippen LogP contribution < -0.4 is 16.3 Å². The number of anilines is 1. The molecule has 0 bridgehead atoms. The molecule has 174 valence electrons. The van der Waals surface area contributed by atoms with Gasteiger partial charge in [-0.1, -0.05) is 17.7 Å². The van der Waals surface area contributed by atoms with Crippen LogP contribution in [0.25, 0.3) is 5.82 Å². The number of benzene rings is 1. The molecule has 2 heterocycles. The van der Waals surface area contributed by atoms with Gasteiger partial charge < -0.3 is 5.32 Å². The maximum absolute atomic E-state index is 13.3. The van der Waals surface area contributed by atoms with Gasteiger partial charge in [0.15, 0.2) is 11.5 Å². The van der Waals surface area contributed by atoms with E-state index in [1.165, 1.54) is 35.5 Å². The van der Waals surface area contributed by atoms with Crippen molar-refractivity contribution in [1.29, 1.82) is 0 Å². The monoisotopic (exact) mass is 481 g/mol. The Labute approximate surface area is 191 Å². The van der Waals surface area contributed by atoms with Crippen LogP contribution in [0, 0.1) is 6.92 Å². The van der Waals surface area contributed by atoms with Crippen molar-refractivity contribution >= 4 is 29.1 Å². The maximum Gasteiger partial charge on any atom is 0.435 e. The molecule has 0 saturated heterocycles. The molecule has 2 aromatic heterocycles. The standard InChI is InChI=1S/C20H19ClF3N7O2/c1-11-6-7-12(18(32)27-29-30(2)3)14(9-11)26-19(33)15-10-16(20(22,23)24)28-31(15)17-13(21)5-4-8-25-17/h4-10,29H,1-3H3,(H,26,33)(H,27,32). The molecule has 0 fully saturated rings. The molecule has 0 radical (unpaired) electrons. The molecule has 0 aliphatic rings. The fourth-order valence-electron chi connectivity index (χ4n) is 2.75. The zero-order chi connectivity index (χ0) is 24.3. The Morgan fingerprint density at radius 1 is 1.12 bits per heavy atom. The minimum Gasteiger partial charge on any atom is -0.320 e. The minimum absolute atomic E-state index is 0.00578. The fraction of sp³-hybridized carbons (Fsp3) is 0.200. The Bertz CT molecular complexity index is 1190. The first-order valence-corrected chi connectivity index (χ1v) is 9.78. The van der Waals surface area contributed by atoms with E-state index < -0.39 is 29.4 Å². The summed E-state index contributed by atoms with van der Waals surface area (Å²) in [6, 6.07) is 8.12. The minimum atomic E-state index is -4.81. The second kappa shape index (κ2) is 9.57. The van der Waals surface area contributed by atoms with Gasteiger partial charge >= 0.3 is 6.18 Å². The Balaban J connectivity index is 2.02. The van der Waals surface area contributed by atoms with Crippen LogP contribution in [0.15, 0.2) is 42.6 Å². The molecule has 0 saturated carbocycles. The lowest BCUT2D eigenvalue weighted by atomic mass is 10.1. The molecule has 1 aromatic carbocycles. The number of rotatable bonds is 6. The van der Waals surface area contributed by atoms with Crippen LogP contribution in [0.5, 0.6) is 0 Å². The molecular formula is C20H19ClF3N7O2. The summed E-state index contributed by atoms with van der Waals surface area (Å²) >= 11 is 6.07. The Hall–Kier alpha value is -3.48. The van der Waals surface area contributed by atoms with Gasteiger partial charge in [0.05, 0.1) is 16.3 Å². The van der Waals surface area contributed by atoms with Crippen molar-refractivity contribution in [1.82, 2.24) is 30.7 Å². The number of nitrogens with one attached hydrogen (secondary N) is 3. The third kappa shape index (κ3) is 5.66. The van der Waals surface area contributed by atoms with Crippen molar-refractivity contribution in [3.05, 3.63) is 70.1 Å². The lowest BCUT2D eigenvalue weighted by Gasteiger charge is -2.16. The Kier molecular flexibility index (Phi) is 7.01. The summed E-state index contributed by atoms with van der Waals surface area (Å²) in [6.45, 7) is 1.73. The number of hydrogen-bond acceptors (Lipinski definition) is 6. The number of carbonyl (C=O) groups is 2. The quantitative estimate of drug-likeness (QED) is 0.467. The summed E-state index contributed by atoms with van der Waals surface area (Å²) in [5.41, 5.74) is 4.13. The molecule has 0 unspecified atom stereocenters. The number of amides is 2. The second-order valence-corrected chi connectivity index (χ2v) is 7.50. The first-order chi connectivity index (χ1) is 15.5. The van der Waals surface area contributed by atoms with Gasteiger partial charge in [0.1, 0.15) is 5.69 Å². The highest BCUT2D eigenvalue weighted by Gasteiger charge is 2.36. The van der Waals surface area contributed by atoms with E-state index in [1.54, 1.807) is 27.1 Å².